The van der Waals surface area contributed by atoms with E-state index in [1.807, 2.05) is 13.0 Å². The number of hydrogen-bond acceptors (Lipinski definition) is 5. The highest BCUT2D eigenvalue weighted by atomic mass is 35.5. The Morgan fingerprint density at radius 3 is 2.77 bits per heavy atom. The molecule has 1 amide bonds. The zero-order chi connectivity index (χ0) is 18.1. The van der Waals surface area contributed by atoms with Gasteiger partial charge in [-0.2, -0.15) is 0 Å². The lowest BCUT2D eigenvalue weighted by atomic mass is 10.0. The van der Waals surface area contributed by atoms with Crippen molar-refractivity contribution in [2.75, 3.05) is 5.32 Å². The molecule has 0 saturated carbocycles. The first-order valence-corrected chi connectivity index (χ1v) is 8.37. The van der Waals surface area contributed by atoms with E-state index in [0.29, 0.717) is 22.7 Å². The smallest absolute Gasteiger partial charge is 0.258 e. The van der Waals surface area contributed by atoms with Gasteiger partial charge in [-0.15, -0.1) is 0 Å². The molecule has 1 N–H and O–H groups in total. The fraction of sp³-hybridized carbons (Fsp3) is 0.105. The summed E-state index contributed by atoms with van der Waals surface area (Å²) in [4.78, 5) is 28.9. The minimum Gasteiger partial charge on any atom is -0.322 e. The molecule has 7 heteroatoms. The van der Waals surface area contributed by atoms with Crippen LogP contribution in [0.15, 0.2) is 54.2 Å². The highest BCUT2D eigenvalue weighted by molar-refractivity contribution is 6.34. The molecule has 26 heavy (non-hydrogen) atoms. The third-order valence-electron chi connectivity index (χ3n) is 4.04. The topological polar surface area (TPSA) is 80.1 Å². The number of carbonyl (C=O) groups excluding carboxylic acids is 1. The average Bonchev–Trinajstić information content (AvgIpc) is 3.07. The molecule has 0 aliphatic carbocycles. The summed E-state index contributed by atoms with van der Waals surface area (Å²) in [6.45, 7) is 2.00. The van der Waals surface area contributed by atoms with Gasteiger partial charge in [0.25, 0.3) is 5.91 Å². The van der Waals surface area contributed by atoms with Crippen molar-refractivity contribution < 1.29 is 4.79 Å². The second-order valence-electron chi connectivity index (χ2n) is 6.01. The van der Waals surface area contributed by atoms with Crippen molar-refractivity contribution >= 4 is 34.7 Å². The molecule has 0 atom stereocenters. The predicted octanol–water partition coefficient (Wildman–Crippen LogP) is 3.76. The maximum Gasteiger partial charge on any atom is 0.258 e. The van der Waals surface area contributed by atoms with E-state index in [0.717, 1.165) is 28.2 Å². The first-order chi connectivity index (χ1) is 12.6. The fourth-order valence-electron chi connectivity index (χ4n) is 2.80. The van der Waals surface area contributed by atoms with Crippen molar-refractivity contribution in [2.45, 2.75) is 13.3 Å². The average molecular weight is 364 g/mol. The lowest BCUT2D eigenvalue weighted by Gasteiger charge is -2.09. The van der Waals surface area contributed by atoms with Crippen LogP contribution in [-0.2, 0) is 6.42 Å². The summed E-state index contributed by atoms with van der Waals surface area (Å²) in [5, 5.41) is 3.41. The Morgan fingerprint density at radius 1 is 1.15 bits per heavy atom. The number of halogens is 1. The molecule has 1 aromatic carbocycles. The summed E-state index contributed by atoms with van der Waals surface area (Å²) in [6, 6.07) is 7.39. The first kappa shape index (κ1) is 16.4. The first-order valence-electron chi connectivity index (χ1n) is 7.99. The summed E-state index contributed by atoms with van der Waals surface area (Å²) in [5.41, 5.74) is 4.80. The van der Waals surface area contributed by atoms with E-state index in [-0.39, 0.29) is 5.91 Å². The van der Waals surface area contributed by atoms with Gasteiger partial charge >= 0.3 is 0 Å². The van der Waals surface area contributed by atoms with Gasteiger partial charge in [-0.25, -0.2) is 19.9 Å². The summed E-state index contributed by atoms with van der Waals surface area (Å²) in [5.74, 6) is 0.436. The van der Waals surface area contributed by atoms with E-state index in [2.05, 4.69) is 31.3 Å². The Bertz CT molecular complexity index is 1030. The molecule has 0 spiro atoms. The SMILES string of the molecule is Cc1cnc2c(c1)CC(c1cc(NC(=O)c3cncnc3)ccc1Cl)=N2. The van der Waals surface area contributed by atoms with Crippen molar-refractivity contribution in [3.05, 3.63) is 76.5 Å². The molecular weight excluding hydrogens is 350 g/mol. The lowest BCUT2D eigenvalue weighted by Crippen LogP contribution is -2.13. The number of aliphatic imine (C=N–C) groups is 1. The van der Waals surface area contributed by atoms with E-state index in [9.17, 15) is 4.79 Å². The largest absolute Gasteiger partial charge is 0.322 e. The number of pyridine rings is 1. The van der Waals surface area contributed by atoms with Crippen LogP contribution in [0.2, 0.25) is 5.02 Å². The van der Waals surface area contributed by atoms with Gasteiger partial charge in [-0.05, 0) is 30.7 Å². The number of carbonyl (C=O) groups is 1. The number of aromatic nitrogens is 3. The van der Waals surface area contributed by atoms with E-state index in [4.69, 9.17) is 11.6 Å². The lowest BCUT2D eigenvalue weighted by molar-refractivity contribution is 0.102. The van der Waals surface area contributed by atoms with Crippen LogP contribution < -0.4 is 5.32 Å². The van der Waals surface area contributed by atoms with Crippen molar-refractivity contribution in [1.29, 1.82) is 0 Å². The maximum absolute atomic E-state index is 12.3. The molecule has 0 radical (unpaired) electrons. The molecule has 0 unspecified atom stereocenters. The minimum absolute atomic E-state index is 0.284. The molecule has 128 valence electrons. The molecule has 0 bridgehead atoms. The van der Waals surface area contributed by atoms with E-state index in [1.54, 1.807) is 18.3 Å². The summed E-state index contributed by atoms with van der Waals surface area (Å²) >= 11 is 6.37. The van der Waals surface area contributed by atoms with Crippen LogP contribution in [0.3, 0.4) is 0 Å². The van der Waals surface area contributed by atoms with Gasteiger partial charge in [0.15, 0.2) is 5.82 Å². The second kappa shape index (κ2) is 6.65. The van der Waals surface area contributed by atoms with Crippen molar-refractivity contribution in [1.82, 2.24) is 15.0 Å². The van der Waals surface area contributed by atoms with Gasteiger partial charge in [0, 0.05) is 46.8 Å². The van der Waals surface area contributed by atoms with Crippen LogP contribution >= 0.6 is 11.6 Å². The predicted molar refractivity (Wildman–Crippen MR) is 100 cm³/mol. The summed E-state index contributed by atoms with van der Waals surface area (Å²) in [7, 11) is 0. The number of fused-ring (bicyclic) bond motifs is 1. The molecule has 3 aromatic rings. The molecule has 0 saturated heterocycles. The highest BCUT2D eigenvalue weighted by Crippen LogP contribution is 2.31. The number of nitrogens with zero attached hydrogens (tertiary/aromatic N) is 4. The molecule has 1 aliphatic rings. The van der Waals surface area contributed by atoms with Crippen LogP contribution in [0.5, 0.6) is 0 Å². The normalized spacial score (nSPS) is 12.5. The Balaban J connectivity index is 1.61. The van der Waals surface area contributed by atoms with E-state index < -0.39 is 0 Å². The quantitative estimate of drug-likeness (QED) is 0.768. The zero-order valence-corrected chi connectivity index (χ0v) is 14.7. The Kier molecular flexibility index (Phi) is 4.18. The van der Waals surface area contributed by atoms with Crippen LogP contribution in [0.1, 0.15) is 27.0 Å². The number of benzene rings is 1. The number of anilines is 1. The van der Waals surface area contributed by atoms with Crippen LogP contribution in [0.25, 0.3) is 0 Å². The van der Waals surface area contributed by atoms with Crippen molar-refractivity contribution in [3.8, 4) is 0 Å². The second-order valence-corrected chi connectivity index (χ2v) is 6.41. The molecule has 3 heterocycles. The molecular formula is C19H14ClN5O. The molecule has 2 aromatic heterocycles. The Labute approximate surface area is 155 Å². The van der Waals surface area contributed by atoms with Gasteiger partial charge in [0.1, 0.15) is 6.33 Å². The van der Waals surface area contributed by atoms with Gasteiger partial charge in [-0.1, -0.05) is 17.7 Å². The number of nitrogens with one attached hydrogen (secondary N) is 1. The van der Waals surface area contributed by atoms with Gasteiger partial charge in [-0.3, -0.25) is 4.79 Å². The molecule has 1 aliphatic heterocycles. The molecule has 4 rings (SSSR count). The monoisotopic (exact) mass is 363 g/mol. The van der Waals surface area contributed by atoms with Gasteiger partial charge in [0.05, 0.1) is 11.3 Å². The Morgan fingerprint density at radius 2 is 1.96 bits per heavy atom. The van der Waals surface area contributed by atoms with E-state index in [1.165, 1.54) is 18.7 Å². The van der Waals surface area contributed by atoms with Crippen molar-refractivity contribution in [2.24, 2.45) is 4.99 Å². The number of amides is 1. The fourth-order valence-corrected chi connectivity index (χ4v) is 3.03. The van der Waals surface area contributed by atoms with Gasteiger partial charge in [0.2, 0.25) is 0 Å². The zero-order valence-electron chi connectivity index (χ0n) is 13.9. The van der Waals surface area contributed by atoms with Crippen LogP contribution in [-0.4, -0.2) is 26.6 Å². The number of rotatable bonds is 3. The van der Waals surface area contributed by atoms with Crippen LogP contribution in [0, 0.1) is 6.92 Å². The number of aryl methyl sites for hydroxylation is 1. The highest BCUT2D eigenvalue weighted by Gasteiger charge is 2.20. The van der Waals surface area contributed by atoms with Gasteiger partial charge < -0.3 is 5.32 Å². The van der Waals surface area contributed by atoms with E-state index >= 15 is 0 Å². The summed E-state index contributed by atoms with van der Waals surface area (Å²) < 4.78 is 0. The number of hydrogen-bond donors (Lipinski definition) is 1. The third kappa shape index (κ3) is 3.19. The molecule has 6 nitrogen and oxygen atoms in total. The Hall–Kier alpha value is -3.12. The molecule has 0 fully saturated rings. The standard InChI is InChI=1S/C19H14ClN5O/c1-11-4-12-5-17(25-18(12)23-7-11)15-6-14(2-3-16(15)20)24-19(26)13-8-21-10-22-9-13/h2-4,6-10H,5H2,1H3,(H,24,26). The maximum atomic E-state index is 12.3. The van der Waals surface area contributed by atoms with Crippen LogP contribution in [0.4, 0.5) is 11.5 Å². The third-order valence-corrected chi connectivity index (χ3v) is 4.37. The minimum atomic E-state index is -0.284. The van der Waals surface area contributed by atoms with Crippen molar-refractivity contribution in [3.63, 3.8) is 0 Å². The summed E-state index contributed by atoms with van der Waals surface area (Å²) in [6.07, 6.45) is 6.76.